The number of pyridine rings is 1. The average molecular weight is 366 g/mol. The normalized spacial score (nSPS) is 11.4. The van der Waals surface area contributed by atoms with Crippen LogP contribution in [-0.2, 0) is 0 Å². The monoisotopic (exact) mass is 366 g/mol. The Labute approximate surface area is 161 Å². The van der Waals surface area contributed by atoms with Gasteiger partial charge in [0.15, 0.2) is 0 Å². The van der Waals surface area contributed by atoms with Crippen molar-refractivity contribution in [3.05, 3.63) is 83.7 Å². The average Bonchev–Trinajstić information content (AvgIpc) is 3.12. The molecule has 0 radical (unpaired) electrons. The molecule has 0 amide bonds. The summed E-state index contributed by atoms with van der Waals surface area (Å²) in [4.78, 5) is 20.2. The van der Waals surface area contributed by atoms with Crippen molar-refractivity contribution < 1.29 is 9.53 Å². The van der Waals surface area contributed by atoms with Gasteiger partial charge in [-0.2, -0.15) is 0 Å². The predicted octanol–water partition coefficient (Wildman–Crippen LogP) is 5.71. The second-order valence-corrected chi connectivity index (χ2v) is 7.01. The highest BCUT2D eigenvalue weighted by molar-refractivity contribution is 6.16. The lowest BCUT2D eigenvalue weighted by molar-refractivity contribution is 0.0735. The van der Waals surface area contributed by atoms with Crippen LogP contribution in [0.2, 0.25) is 0 Å². The van der Waals surface area contributed by atoms with Crippen LogP contribution in [0.1, 0.15) is 21.5 Å². The molecule has 2 aromatic heterocycles. The van der Waals surface area contributed by atoms with Gasteiger partial charge in [-0.05, 0) is 66.8 Å². The first kappa shape index (κ1) is 16.5. The van der Waals surface area contributed by atoms with Crippen LogP contribution in [0, 0.1) is 13.8 Å². The second kappa shape index (κ2) is 6.20. The zero-order valence-electron chi connectivity index (χ0n) is 15.6. The van der Waals surface area contributed by atoms with Crippen molar-refractivity contribution in [1.29, 1.82) is 0 Å². The molecule has 0 aliphatic carbocycles. The number of esters is 1. The number of ether oxygens (including phenoxy) is 1. The smallest absolute Gasteiger partial charge is 0.343 e. The van der Waals surface area contributed by atoms with Crippen LogP contribution < -0.4 is 4.74 Å². The summed E-state index contributed by atoms with van der Waals surface area (Å²) < 4.78 is 5.62. The van der Waals surface area contributed by atoms with E-state index < -0.39 is 0 Å². The number of aryl methyl sites for hydroxylation is 2. The van der Waals surface area contributed by atoms with E-state index in [1.165, 1.54) is 16.5 Å². The second-order valence-electron chi connectivity index (χ2n) is 7.01. The maximum absolute atomic E-state index is 12.4. The van der Waals surface area contributed by atoms with E-state index in [1.807, 2.05) is 48.8 Å². The fourth-order valence-corrected chi connectivity index (χ4v) is 3.94. The molecule has 0 spiro atoms. The fraction of sp³-hybridized carbons (Fsp3) is 0.0833. The first-order valence-electron chi connectivity index (χ1n) is 9.19. The first-order valence-corrected chi connectivity index (χ1v) is 9.19. The molecule has 0 atom stereocenters. The third-order valence-corrected chi connectivity index (χ3v) is 5.37. The quantitative estimate of drug-likeness (QED) is 0.322. The van der Waals surface area contributed by atoms with E-state index in [-0.39, 0.29) is 5.97 Å². The predicted molar refractivity (Wildman–Crippen MR) is 112 cm³/mol. The molecule has 0 saturated heterocycles. The Morgan fingerprint density at radius 1 is 0.929 bits per heavy atom. The zero-order chi connectivity index (χ0) is 19.3. The summed E-state index contributed by atoms with van der Waals surface area (Å²) in [5.74, 6) is 0.174. The first-order chi connectivity index (χ1) is 13.6. The molecule has 5 aromatic rings. The maximum atomic E-state index is 12.4. The van der Waals surface area contributed by atoms with E-state index >= 15 is 0 Å². The minimum Gasteiger partial charge on any atom is -0.423 e. The number of nitrogens with zero attached hydrogens (tertiary/aromatic N) is 1. The molecule has 0 bridgehead atoms. The topological polar surface area (TPSA) is 55.0 Å². The van der Waals surface area contributed by atoms with Crippen LogP contribution in [0.15, 0.2) is 67.0 Å². The third-order valence-electron chi connectivity index (χ3n) is 5.37. The van der Waals surface area contributed by atoms with Gasteiger partial charge in [-0.15, -0.1) is 0 Å². The van der Waals surface area contributed by atoms with E-state index in [9.17, 15) is 4.79 Å². The van der Waals surface area contributed by atoms with Gasteiger partial charge in [0.1, 0.15) is 5.75 Å². The molecule has 28 heavy (non-hydrogen) atoms. The Morgan fingerprint density at radius 3 is 2.57 bits per heavy atom. The number of carbonyl (C=O) groups is 1. The lowest BCUT2D eigenvalue weighted by Crippen LogP contribution is -2.07. The summed E-state index contributed by atoms with van der Waals surface area (Å²) in [6, 6.07) is 16.8. The molecular formula is C24H18N2O2. The number of hydrogen-bond acceptors (Lipinski definition) is 3. The summed E-state index contributed by atoms with van der Waals surface area (Å²) in [7, 11) is 0. The SMILES string of the molecule is Cc1c2ccncc2c(C)c2c1[nH]c1ccc(OC(=O)c3ccccc3)cc12. The number of hydrogen-bond donors (Lipinski definition) is 1. The molecule has 0 aliphatic heterocycles. The summed E-state index contributed by atoms with van der Waals surface area (Å²) >= 11 is 0. The molecule has 1 N–H and O–H groups in total. The van der Waals surface area contributed by atoms with Crippen LogP contribution in [0.25, 0.3) is 32.6 Å². The Balaban J connectivity index is 1.69. The molecule has 136 valence electrons. The van der Waals surface area contributed by atoms with Crippen molar-refractivity contribution >= 4 is 38.5 Å². The van der Waals surface area contributed by atoms with Gasteiger partial charge >= 0.3 is 5.97 Å². The van der Waals surface area contributed by atoms with E-state index in [1.54, 1.807) is 12.1 Å². The van der Waals surface area contributed by atoms with E-state index in [4.69, 9.17) is 4.74 Å². The molecular weight excluding hydrogens is 348 g/mol. The van der Waals surface area contributed by atoms with Crippen molar-refractivity contribution in [3.8, 4) is 5.75 Å². The molecule has 3 aromatic carbocycles. The summed E-state index contributed by atoms with van der Waals surface area (Å²) in [6.07, 6.45) is 3.74. The number of rotatable bonds is 2. The molecule has 2 heterocycles. The highest BCUT2D eigenvalue weighted by Gasteiger charge is 2.15. The van der Waals surface area contributed by atoms with Gasteiger partial charge < -0.3 is 9.72 Å². The van der Waals surface area contributed by atoms with E-state index in [2.05, 4.69) is 29.9 Å². The highest BCUT2D eigenvalue weighted by Crippen LogP contribution is 2.37. The van der Waals surface area contributed by atoms with E-state index in [0.717, 1.165) is 27.2 Å². The number of aromatic amines is 1. The van der Waals surface area contributed by atoms with Crippen molar-refractivity contribution in [3.63, 3.8) is 0 Å². The summed E-state index contributed by atoms with van der Waals surface area (Å²) in [5.41, 5.74) is 5.02. The van der Waals surface area contributed by atoms with Crippen molar-refractivity contribution in [1.82, 2.24) is 9.97 Å². The third kappa shape index (κ3) is 2.46. The van der Waals surface area contributed by atoms with Crippen LogP contribution in [0.4, 0.5) is 0 Å². The number of fused-ring (bicyclic) bond motifs is 4. The minimum absolute atomic E-state index is 0.359. The van der Waals surface area contributed by atoms with E-state index in [0.29, 0.717) is 11.3 Å². The molecule has 0 aliphatic rings. The summed E-state index contributed by atoms with van der Waals surface area (Å²) in [6.45, 7) is 4.23. The number of H-pyrrole nitrogens is 1. The Morgan fingerprint density at radius 2 is 1.75 bits per heavy atom. The van der Waals surface area contributed by atoms with Gasteiger partial charge in [0.25, 0.3) is 0 Å². The van der Waals surface area contributed by atoms with Crippen LogP contribution in [-0.4, -0.2) is 15.9 Å². The molecule has 4 heteroatoms. The lowest BCUT2D eigenvalue weighted by atomic mass is 9.97. The Bertz CT molecular complexity index is 1370. The van der Waals surface area contributed by atoms with Gasteiger partial charge in [-0.1, -0.05) is 18.2 Å². The largest absolute Gasteiger partial charge is 0.423 e. The van der Waals surface area contributed by atoms with Crippen LogP contribution in [0.3, 0.4) is 0 Å². The number of benzene rings is 3. The van der Waals surface area contributed by atoms with Gasteiger partial charge in [0.2, 0.25) is 0 Å². The Hall–Kier alpha value is -3.66. The molecule has 4 nitrogen and oxygen atoms in total. The number of carbonyl (C=O) groups excluding carboxylic acids is 1. The Kier molecular flexibility index (Phi) is 3.66. The molecule has 0 fully saturated rings. The van der Waals surface area contributed by atoms with Crippen molar-refractivity contribution in [2.75, 3.05) is 0 Å². The van der Waals surface area contributed by atoms with Crippen molar-refractivity contribution in [2.45, 2.75) is 13.8 Å². The number of aromatic nitrogens is 2. The highest BCUT2D eigenvalue weighted by atomic mass is 16.5. The van der Waals surface area contributed by atoms with Gasteiger partial charge in [-0.3, -0.25) is 4.98 Å². The molecule has 0 saturated carbocycles. The maximum Gasteiger partial charge on any atom is 0.343 e. The fourth-order valence-electron chi connectivity index (χ4n) is 3.94. The molecule has 5 rings (SSSR count). The standard InChI is InChI=1S/C24H18N2O2/c1-14-20-13-25-11-10-18(20)15(2)23-22(14)19-12-17(8-9-21(19)26-23)28-24(27)16-6-4-3-5-7-16/h3-13,26H,1-2H3. The number of nitrogens with one attached hydrogen (secondary N) is 1. The van der Waals surface area contributed by atoms with Crippen LogP contribution >= 0.6 is 0 Å². The molecule has 0 unspecified atom stereocenters. The summed E-state index contributed by atoms with van der Waals surface area (Å²) in [5, 5.41) is 4.52. The lowest BCUT2D eigenvalue weighted by Gasteiger charge is -2.08. The van der Waals surface area contributed by atoms with Crippen LogP contribution in [0.5, 0.6) is 5.75 Å². The van der Waals surface area contributed by atoms with Crippen molar-refractivity contribution in [2.24, 2.45) is 0 Å². The van der Waals surface area contributed by atoms with Gasteiger partial charge in [0, 0.05) is 34.1 Å². The van der Waals surface area contributed by atoms with Gasteiger partial charge in [-0.25, -0.2) is 4.79 Å². The zero-order valence-corrected chi connectivity index (χ0v) is 15.6. The van der Waals surface area contributed by atoms with Gasteiger partial charge in [0.05, 0.1) is 11.1 Å². The minimum atomic E-state index is -0.359.